The molecule has 1 unspecified atom stereocenters. The molecule has 130 valence electrons. The highest BCUT2D eigenvalue weighted by Crippen LogP contribution is 2.27. The molecule has 1 aliphatic heterocycles. The lowest BCUT2D eigenvalue weighted by molar-refractivity contribution is 0.202. The first-order valence-corrected chi connectivity index (χ1v) is 8.98. The molecule has 1 atom stereocenters. The van der Waals surface area contributed by atoms with Gasteiger partial charge in [0.05, 0.1) is 17.6 Å². The fourth-order valence-electron chi connectivity index (χ4n) is 3.24. The Morgan fingerprint density at radius 1 is 1.42 bits per heavy atom. The average molecular weight is 347 g/mol. The van der Waals surface area contributed by atoms with Crippen molar-refractivity contribution in [2.45, 2.75) is 32.6 Å². The summed E-state index contributed by atoms with van der Waals surface area (Å²) in [4.78, 5) is 10.6. The number of nitrogens with one attached hydrogen (secondary N) is 2. The van der Waals surface area contributed by atoms with E-state index in [4.69, 9.17) is 21.9 Å². The van der Waals surface area contributed by atoms with Gasteiger partial charge in [-0.2, -0.15) is 0 Å². The molecule has 0 saturated carbocycles. The topological polar surface area (TPSA) is 53.2 Å². The molecule has 24 heavy (non-hydrogen) atoms. The lowest BCUT2D eigenvalue weighted by atomic mass is 9.98. The van der Waals surface area contributed by atoms with E-state index in [1.807, 2.05) is 0 Å². The zero-order chi connectivity index (χ0) is 17.1. The number of aromatic nitrogens is 2. The van der Waals surface area contributed by atoms with Crippen LogP contribution in [0.4, 0.5) is 0 Å². The number of aromatic amines is 1. The number of imidazole rings is 1. The van der Waals surface area contributed by atoms with Gasteiger partial charge >= 0.3 is 0 Å². The number of fused-ring (bicyclic) bond motifs is 1. The van der Waals surface area contributed by atoms with Crippen LogP contribution in [0.15, 0.2) is 12.1 Å². The van der Waals surface area contributed by atoms with E-state index in [0.717, 1.165) is 54.4 Å². The van der Waals surface area contributed by atoms with Crippen LogP contribution in [0.3, 0.4) is 0 Å². The van der Waals surface area contributed by atoms with Crippen LogP contribution in [0.5, 0.6) is 0 Å². The van der Waals surface area contributed by atoms with Gasteiger partial charge in [-0.15, -0.1) is 0 Å². The van der Waals surface area contributed by atoms with Crippen LogP contribution in [0.25, 0.3) is 11.0 Å². The van der Waals surface area contributed by atoms with E-state index < -0.39 is 0 Å². The smallest absolute Gasteiger partial charge is 0.169 e. The van der Waals surface area contributed by atoms with Crippen molar-refractivity contribution in [1.82, 2.24) is 20.2 Å². The third-order valence-corrected chi connectivity index (χ3v) is 5.20. The van der Waals surface area contributed by atoms with Crippen molar-refractivity contribution >= 4 is 28.4 Å². The van der Waals surface area contributed by atoms with Gasteiger partial charge < -0.3 is 19.9 Å². The van der Waals surface area contributed by atoms with Crippen LogP contribution in [0.2, 0.25) is 0 Å². The summed E-state index contributed by atoms with van der Waals surface area (Å²) < 4.78 is 5.07. The van der Waals surface area contributed by atoms with Crippen LogP contribution in [0.1, 0.15) is 35.7 Å². The monoisotopic (exact) mass is 346 g/mol. The highest BCUT2D eigenvalue weighted by molar-refractivity contribution is 7.80. The molecule has 2 heterocycles. The predicted octanol–water partition coefficient (Wildman–Crippen LogP) is 2.88. The molecule has 0 bridgehead atoms. The summed E-state index contributed by atoms with van der Waals surface area (Å²) in [6.07, 6.45) is 2.28. The van der Waals surface area contributed by atoms with Crippen molar-refractivity contribution in [3.63, 3.8) is 0 Å². The predicted molar refractivity (Wildman–Crippen MR) is 102 cm³/mol. The molecular formula is C18H26N4OS. The van der Waals surface area contributed by atoms with E-state index in [2.05, 4.69) is 41.2 Å². The van der Waals surface area contributed by atoms with Crippen LogP contribution in [-0.2, 0) is 4.74 Å². The molecule has 1 saturated heterocycles. The Labute approximate surface area is 148 Å². The van der Waals surface area contributed by atoms with Crippen LogP contribution in [0, 0.1) is 13.8 Å². The molecule has 1 fully saturated rings. The van der Waals surface area contributed by atoms with E-state index in [9.17, 15) is 0 Å². The molecule has 0 aliphatic carbocycles. The number of H-pyrrole nitrogens is 1. The number of aryl methyl sites for hydroxylation is 2. The summed E-state index contributed by atoms with van der Waals surface area (Å²) in [5.74, 6) is 1.48. The van der Waals surface area contributed by atoms with Crippen molar-refractivity contribution in [3.05, 3.63) is 29.1 Å². The fraction of sp³-hybridized carbons (Fsp3) is 0.556. The summed E-state index contributed by atoms with van der Waals surface area (Å²) in [6, 6.07) is 4.36. The van der Waals surface area contributed by atoms with E-state index in [0.29, 0.717) is 12.5 Å². The van der Waals surface area contributed by atoms with Gasteiger partial charge in [-0.3, -0.25) is 0 Å². The fourth-order valence-corrected chi connectivity index (χ4v) is 3.51. The zero-order valence-electron chi connectivity index (χ0n) is 14.7. The molecule has 0 radical (unpaired) electrons. The van der Waals surface area contributed by atoms with E-state index >= 15 is 0 Å². The Kier molecular flexibility index (Phi) is 5.36. The highest BCUT2D eigenvalue weighted by Gasteiger charge is 2.25. The van der Waals surface area contributed by atoms with Crippen LogP contribution >= 0.6 is 12.2 Å². The SMILES string of the molecule is COCCNC(=S)N1CCCC(c2nc3cc(C)c(C)cc3[nH]2)C1. The first-order valence-electron chi connectivity index (χ1n) is 8.57. The number of ether oxygens (including phenoxy) is 1. The number of likely N-dealkylation sites (tertiary alicyclic amines) is 1. The van der Waals surface area contributed by atoms with E-state index in [-0.39, 0.29) is 0 Å². The van der Waals surface area contributed by atoms with Gasteiger partial charge in [0, 0.05) is 32.7 Å². The largest absolute Gasteiger partial charge is 0.383 e. The summed E-state index contributed by atoms with van der Waals surface area (Å²) >= 11 is 5.52. The van der Waals surface area contributed by atoms with E-state index in [1.54, 1.807) is 7.11 Å². The first-order chi connectivity index (χ1) is 11.6. The standard InChI is InChI=1S/C18H26N4OS/c1-12-9-15-16(10-13(12)2)21-17(20-15)14-5-4-7-22(11-14)18(24)19-6-8-23-3/h9-10,14H,4-8,11H2,1-3H3,(H,19,24)(H,20,21). The Balaban J connectivity index is 1.71. The molecule has 0 amide bonds. The van der Waals surface area contributed by atoms with Gasteiger partial charge in [0.15, 0.2) is 5.11 Å². The second kappa shape index (κ2) is 7.49. The molecular weight excluding hydrogens is 320 g/mol. The van der Waals surface area contributed by atoms with Crippen molar-refractivity contribution in [2.24, 2.45) is 0 Å². The maximum atomic E-state index is 5.52. The van der Waals surface area contributed by atoms with Gasteiger partial charge in [0.25, 0.3) is 0 Å². The van der Waals surface area contributed by atoms with Gasteiger partial charge in [-0.25, -0.2) is 4.98 Å². The minimum absolute atomic E-state index is 0.397. The number of rotatable bonds is 4. The Morgan fingerprint density at radius 2 is 2.21 bits per heavy atom. The maximum Gasteiger partial charge on any atom is 0.169 e. The zero-order valence-corrected chi connectivity index (χ0v) is 15.5. The summed E-state index contributed by atoms with van der Waals surface area (Å²) in [7, 11) is 1.70. The summed E-state index contributed by atoms with van der Waals surface area (Å²) in [5, 5.41) is 4.09. The number of hydrogen-bond donors (Lipinski definition) is 2. The number of thiocarbonyl (C=S) groups is 1. The minimum Gasteiger partial charge on any atom is -0.383 e. The number of nitrogens with zero attached hydrogens (tertiary/aromatic N) is 2. The quantitative estimate of drug-likeness (QED) is 0.659. The van der Waals surface area contributed by atoms with Gasteiger partial charge in [0.1, 0.15) is 5.82 Å². The van der Waals surface area contributed by atoms with Crippen molar-refractivity contribution in [1.29, 1.82) is 0 Å². The molecule has 6 heteroatoms. The molecule has 0 spiro atoms. The van der Waals surface area contributed by atoms with Crippen LogP contribution < -0.4 is 5.32 Å². The molecule has 2 aromatic rings. The van der Waals surface area contributed by atoms with E-state index in [1.165, 1.54) is 11.1 Å². The lowest BCUT2D eigenvalue weighted by Gasteiger charge is -2.33. The average Bonchev–Trinajstić information content (AvgIpc) is 2.98. The first kappa shape index (κ1) is 17.2. The minimum atomic E-state index is 0.397. The van der Waals surface area contributed by atoms with Gasteiger partial charge in [0.2, 0.25) is 0 Å². The maximum absolute atomic E-state index is 5.52. The molecule has 1 aromatic carbocycles. The molecule has 1 aromatic heterocycles. The number of benzene rings is 1. The van der Waals surface area contributed by atoms with Crippen LogP contribution in [-0.4, -0.2) is 53.3 Å². The Morgan fingerprint density at radius 3 is 3.00 bits per heavy atom. The Hall–Kier alpha value is -1.66. The van der Waals surface area contributed by atoms with Crippen molar-refractivity contribution < 1.29 is 4.74 Å². The second-order valence-corrected chi connectivity index (χ2v) is 6.97. The lowest BCUT2D eigenvalue weighted by Crippen LogP contribution is -2.45. The number of piperidine rings is 1. The highest BCUT2D eigenvalue weighted by atomic mass is 32.1. The van der Waals surface area contributed by atoms with Gasteiger partial charge in [-0.1, -0.05) is 0 Å². The number of methoxy groups -OCH3 is 1. The molecule has 3 rings (SSSR count). The molecule has 1 aliphatic rings. The van der Waals surface area contributed by atoms with Gasteiger partial charge in [-0.05, 0) is 62.2 Å². The Bertz CT molecular complexity index is 688. The summed E-state index contributed by atoms with van der Waals surface area (Å²) in [5.41, 5.74) is 4.78. The normalized spacial score (nSPS) is 18.1. The molecule has 5 nitrogen and oxygen atoms in total. The molecule has 2 N–H and O–H groups in total. The number of hydrogen-bond acceptors (Lipinski definition) is 3. The third kappa shape index (κ3) is 3.70. The summed E-state index contributed by atoms with van der Waals surface area (Å²) in [6.45, 7) is 7.61. The van der Waals surface area contributed by atoms with Crippen molar-refractivity contribution in [3.8, 4) is 0 Å². The van der Waals surface area contributed by atoms with Crippen molar-refractivity contribution in [2.75, 3.05) is 33.4 Å². The third-order valence-electron chi connectivity index (χ3n) is 4.79. The second-order valence-electron chi connectivity index (χ2n) is 6.59.